The highest BCUT2D eigenvalue weighted by atomic mass is 79.9. The van der Waals surface area contributed by atoms with E-state index in [0.717, 1.165) is 16.2 Å². The molecule has 0 aliphatic carbocycles. The fourth-order valence-corrected chi connectivity index (χ4v) is 1.75. The Morgan fingerprint density at radius 3 is 2.94 bits per heavy atom. The van der Waals surface area contributed by atoms with Gasteiger partial charge in [0, 0.05) is 12.1 Å². The van der Waals surface area contributed by atoms with Crippen LogP contribution in [0.4, 0.5) is 0 Å². The molecule has 2 rings (SSSR count). The number of benzene rings is 1. The Kier molecular flexibility index (Phi) is 3.51. The van der Waals surface area contributed by atoms with Crippen LogP contribution >= 0.6 is 27.5 Å². The Morgan fingerprint density at radius 1 is 1.50 bits per heavy atom. The van der Waals surface area contributed by atoms with Gasteiger partial charge in [0.1, 0.15) is 22.8 Å². The lowest BCUT2D eigenvalue weighted by Gasteiger charge is -2.06. The molecule has 0 amide bonds. The fraction of sp³-hybridized carbons (Fsp3) is 0.182. The number of imidazole rings is 1. The summed E-state index contributed by atoms with van der Waals surface area (Å²) in [5, 5.41) is 0.665. The van der Waals surface area contributed by atoms with Crippen molar-refractivity contribution in [3.8, 4) is 5.75 Å². The lowest BCUT2D eigenvalue weighted by molar-refractivity contribution is 0.291. The largest absolute Gasteiger partial charge is 0.486 e. The first kappa shape index (κ1) is 11.5. The van der Waals surface area contributed by atoms with Gasteiger partial charge in [0.25, 0.3) is 0 Å². The van der Waals surface area contributed by atoms with Gasteiger partial charge in [-0.05, 0) is 34.1 Å². The number of aromatic nitrogens is 2. The summed E-state index contributed by atoms with van der Waals surface area (Å²) < 4.78 is 8.43. The van der Waals surface area contributed by atoms with Crippen molar-refractivity contribution in [2.75, 3.05) is 0 Å². The molecule has 0 saturated carbocycles. The molecule has 0 N–H and O–H groups in total. The quantitative estimate of drug-likeness (QED) is 0.868. The molecule has 0 fully saturated rings. The molecule has 1 heterocycles. The number of nitrogens with zero attached hydrogens (tertiary/aromatic N) is 2. The average molecular weight is 302 g/mol. The zero-order chi connectivity index (χ0) is 11.5. The maximum atomic E-state index is 5.85. The molecule has 2 aromatic rings. The van der Waals surface area contributed by atoms with Crippen molar-refractivity contribution < 1.29 is 4.74 Å². The summed E-state index contributed by atoms with van der Waals surface area (Å²) in [6, 6.07) is 7.31. The third-order valence-electron chi connectivity index (χ3n) is 2.19. The Morgan fingerprint density at radius 2 is 2.31 bits per heavy atom. The van der Waals surface area contributed by atoms with Crippen LogP contribution in [0.1, 0.15) is 5.82 Å². The topological polar surface area (TPSA) is 27.1 Å². The summed E-state index contributed by atoms with van der Waals surface area (Å²) >= 11 is 9.23. The van der Waals surface area contributed by atoms with Crippen molar-refractivity contribution in [2.24, 2.45) is 7.05 Å². The lowest BCUT2D eigenvalue weighted by atomic mass is 10.3. The van der Waals surface area contributed by atoms with Crippen LogP contribution in [-0.4, -0.2) is 9.55 Å². The molecule has 0 spiro atoms. The van der Waals surface area contributed by atoms with Gasteiger partial charge in [-0.25, -0.2) is 4.98 Å². The Labute approximate surface area is 107 Å². The maximum absolute atomic E-state index is 5.85. The lowest BCUT2D eigenvalue weighted by Crippen LogP contribution is -2.03. The van der Waals surface area contributed by atoms with Gasteiger partial charge in [-0.1, -0.05) is 17.7 Å². The average Bonchev–Trinajstić information content (AvgIpc) is 2.57. The van der Waals surface area contributed by atoms with Crippen LogP contribution in [0.3, 0.4) is 0 Å². The molecular formula is C11H10BrClN2O. The predicted molar refractivity (Wildman–Crippen MR) is 66.7 cm³/mol. The number of ether oxygens (including phenoxy) is 1. The van der Waals surface area contributed by atoms with E-state index in [2.05, 4.69) is 20.9 Å². The molecule has 0 aliphatic rings. The second-order valence-electron chi connectivity index (χ2n) is 3.30. The molecule has 0 bridgehead atoms. The van der Waals surface area contributed by atoms with E-state index in [-0.39, 0.29) is 0 Å². The highest BCUT2D eigenvalue weighted by Crippen LogP contribution is 2.18. The smallest absolute Gasteiger partial charge is 0.147 e. The number of halogens is 2. The first-order chi connectivity index (χ1) is 7.66. The van der Waals surface area contributed by atoms with E-state index in [1.807, 2.05) is 29.8 Å². The second-order valence-corrected chi connectivity index (χ2v) is 4.55. The van der Waals surface area contributed by atoms with Crippen molar-refractivity contribution in [3.63, 3.8) is 0 Å². The van der Waals surface area contributed by atoms with Crippen LogP contribution in [0.15, 0.2) is 35.1 Å². The first-order valence-corrected chi connectivity index (χ1v) is 5.88. The van der Waals surface area contributed by atoms with E-state index in [1.165, 1.54) is 0 Å². The molecule has 16 heavy (non-hydrogen) atoms. The maximum Gasteiger partial charge on any atom is 0.147 e. The SMILES string of the molecule is Cn1c(Br)cnc1COc1cccc(Cl)c1. The van der Waals surface area contributed by atoms with E-state index in [1.54, 1.807) is 12.3 Å². The summed E-state index contributed by atoms with van der Waals surface area (Å²) in [6.45, 7) is 0.419. The monoisotopic (exact) mass is 300 g/mol. The van der Waals surface area contributed by atoms with Crippen LogP contribution < -0.4 is 4.74 Å². The van der Waals surface area contributed by atoms with Gasteiger partial charge in [0.15, 0.2) is 0 Å². The van der Waals surface area contributed by atoms with Crippen molar-refractivity contribution in [1.29, 1.82) is 0 Å². The highest BCUT2D eigenvalue weighted by Gasteiger charge is 2.04. The molecule has 1 aromatic heterocycles. The van der Waals surface area contributed by atoms with Gasteiger partial charge in [-0.2, -0.15) is 0 Å². The van der Waals surface area contributed by atoms with E-state index in [0.29, 0.717) is 11.6 Å². The molecule has 84 valence electrons. The first-order valence-electron chi connectivity index (χ1n) is 4.71. The molecule has 0 saturated heterocycles. The summed E-state index contributed by atoms with van der Waals surface area (Å²) in [7, 11) is 1.92. The molecule has 0 radical (unpaired) electrons. The molecule has 0 atom stereocenters. The molecule has 0 unspecified atom stereocenters. The summed E-state index contributed by atoms with van der Waals surface area (Å²) in [5.41, 5.74) is 0. The van der Waals surface area contributed by atoms with E-state index in [9.17, 15) is 0 Å². The van der Waals surface area contributed by atoms with Crippen LogP contribution in [0.25, 0.3) is 0 Å². The van der Waals surface area contributed by atoms with Crippen LogP contribution in [0.5, 0.6) is 5.75 Å². The van der Waals surface area contributed by atoms with Gasteiger partial charge < -0.3 is 9.30 Å². The third kappa shape index (κ3) is 2.57. The van der Waals surface area contributed by atoms with Crippen molar-refractivity contribution in [1.82, 2.24) is 9.55 Å². The van der Waals surface area contributed by atoms with Crippen LogP contribution in [0.2, 0.25) is 5.02 Å². The van der Waals surface area contributed by atoms with Gasteiger partial charge in [0.2, 0.25) is 0 Å². The molecular weight excluding hydrogens is 291 g/mol. The summed E-state index contributed by atoms with van der Waals surface area (Å²) in [4.78, 5) is 4.21. The molecule has 3 nitrogen and oxygen atoms in total. The zero-order valence-electron chi connectivity index (χ0n) is 8.65. The Balaban J connectivity index is 2.05. The Hall–Kier alpha value is -1.00. The molecule has 0 aliphatic heterocycles. The van der Waals surface area contributed by atoms with Crippen molar-refractivity contribution >= 4 is 27.5 Å². The number of rotatable bonds is 3. The summed E-state index contributed by atoms with van der Waals surface area (Å²) in [5.74, 6) is 1.60. The minimum Gasteiger partial charge on any atom is -0.486 e. The fourth-order valence-electron chi connectivity index (χ4n) is 1.26. The van der Waals surface area contributed by atoms with Crippen molar-refractivity contribution in [3.05, 3.63) is 45.9 Å². The van der Waals surface area contributed by atoms with Crippen LogP contribution in [0, 0.1) is 0 Å². The minimum atomic E-state index is 0.419. The molecule has 1 aromatic carbocycles. The number of hydrogen-bond donors (Lipinski definition) is 0. The highest BCUT2D eigenvalue weighted by molar-refractivity contribution is 9.10. The van der Waals surface area contributed by atoms with Crippen LogP contribution in [-0.2, 0) is 13.7 Å². The minimum absolute atomic E-state index is 0.419. The normalized spacial score (nSPS) is 10.4. The number of hydrogen-bond acceptors (Lipinski definition) is 2. The van der Waals surface area contributed by atoms with E-state index >= 15 is 0 Å². The predicted octanol–water partition coefficient (Wildman–Crippen LogP) is 3.42. The van der Waals surface area contributed by atoms with Crippen molar-refractivity contribution in [2.45, 2.75) is 6.61 Å². The van der Waals surface area contributed by atoms with Gasteiger partial charge in [-0.15, -0.1) is 0 Å². The van der Waals surface area contributed by atoms with Gasteiger partial charge in [-0.3, -0.25) is 0 Å². The van der Waals surface area contributed by atoms with E-state index in [4.69, 9.17) is 16.3 Å². The zero-order valence-corrected chi connectivity index (χ0v) is 11.0. The van der Waals surface area contributed by atoms with Gasteiger partial charge >= 0.3 is 0 Å². The Bertz CT molecular complexity index is 498. The molecule has 5 heteroatoms. The standard InChI is InChI=1S/C11H10BrClN2O/c1-15-10(12)6-14-11(15)7-16-9-4-2-3-8(13)5-9/h2-6H,7H2,1H3. The second kappa shape index (κ2) is 4.89. The summed E-state index contributed by atoms with van der Waals surface area (Å²) in [6.07, 6.45) is 1.75. The third-order valence-corrected chi connectivity index (χ3v) is 3.16. The van der Waals surface area contributed by atoms with E-state index < -0.39 is 0 Å². The van der Waals surface area contributed by atoms with Gasteiger partial charge in [0.05, 0.1) is 6.20 Å².